The van der Waals surface area contributed by atoms with Gasteiger partial charge in [-0.05, 0) is 33.1 Å². The van der Waals surface area contributed by atoms with E-state index in [9.17, 15) is 0 Å². The number of aromatic nitrogens is 4. The summed E-state index contributed by atoms with van der Waals surface area (Å²) in [7, 11) is 2.06. The lowest BCUT2D eigenvalue weighted by Crippen LogP contribution is -2.28. The number of nitrogens with zero attached hydrogens (tertiary/aromatic N) is 5. The van der Waals surface area contributed by atoms with Crippen LogP contribution in [0.3, 0.4) is 0 Å². The highest BCUT2D eigenvalue weighted by atomic mass is 35.5. The third-order valence-electron chi connectivity index (χ3n) is 3.97. The number of rotatable bonds is 3. The van der Waals surface area contributed by atoms with Crippen LogP contribution in [0, 0.1) is 0 Å². The van der Waals surface area contributed by atoms with Gasteiger partial charge in [0.2, 0.25) is 0 Å². The molecule has 5 nitrogen and oxygen atoms in total. The van der Waals surface area contributed by atoms with Crippen molar-refractivity contribution in [2.45, 2.75) is 45.7 Å². The highest BCUT2D eigenvalue weighted by Crippen LogP contribution is 2.30. The van der Waals surface area contributed by atoms with Crippen LogP contribution < -0.4 is 4.90 Å². The van der Waals surface area contributed by atoms with Crippen LogP contribution >= 0.6 is 11.6 Å². The van der Waals surface area contributed by atoms with E-state index in [4.69, 9.17) is 11.6 Å². The molecule has 6 heteroatoms. The van der Waals surface area contributed by atoms with E-state index in [1.807, 2.05) is 15.4 Å². The summed E-state index contributed by atoms with van der Waals surface area (Å²) in [4.78, 5) is 2.17. The topological polar surface area (TPSA) is 38.9 Å². The summed E-state index contributed by atoms with van der Waals surface area (Å²) >= 11 is 6.53. The normalized spacial score (nSPS) is 14.7. The number of aryl methyl sites for hydroxylation is 1. The van der Waals surface area contributed by atoms with Crippen molar-refractivity contribution in [1.82, 2.24) is 19.6 Å². The maximum absolute atomic E-state index is 6.53. The van der Waals surface area contributed by atoms with Crippen molar-refractivity contribution < 1.29 is 0 Å². The second kappa shape index (κ2) is 5.13. The zero-order valence-electron chi connectivity index (χ0n) is 12.2. The van der Waals surface area contributed by atoms with Gasteiger partial charge in [0.25, 0.3) is 0 Å². The van der Waals surface area contributed by atoms with Crippen molar-refractivity contribution in [2.24, 2.45) is 0 Å². The maximum atomic E-state index is 6.53. The summed E-state index contributed by atoms with van der Waals surface area (Å²) in [5.74, 6) is 1.76. The van der Waals surface area contributed by atoms with E-state index >= 15 is 0 Å². The average Bonchev–Trinajstić information content (AvgIpc) is 3.03. The first-order valence-corrected chi connectivity index (χ1v) is 7.50. The average molecular weight is 294 g/mol. The number of anilines is 1. The largest absolute Gasteiger partial charge is 0.357 e. The fourth-order valence-electron chi connectivity index (χ4n) is 2.57. The molecule has 0 saturated carbocycles. The highest BCUT2D eigenvalue weighted by molar-refractivity contribution is 6.32. The van der Waals surface area contributed by atoms with Gasteiger partial charge in [-0.3, -0.25) is 4.68 Å². The highest BCUT2D eigenvalue weighted by Gasteiger charge is 2.23. The Morgan fingerprint density at radius 2 is 2.15 bits per heavy atom. The molecule has 2 aromatic rings. The van der Waals surface area contributed by atoms with Crippen LogP contribution in [0.1, 0.15) is 32.4 Å². The van der Waals surface area contributed by atoms with Crippen LogP contribution in [0.4, 0.5) is 5.82 Å². The summed E-state index contributed by atoms with van der Waals surface area (Å²) < 4.78 is 3.87. The molecule has 0 N–H and O–H groups in total. The van der Waals surface area contributed by atoms with Crippen LogP contribution in [0.5, 0.6) is 0 Å². The Bertz CT molecular complexity index is 613. The summed E-state index contributed by atoms with van der Waals surface area (Å²) in [6.07, 6.45) is 5.15. The van der Waals surface area contributed by atoms with Gasteiger partial charge in [-0.25, -0.2) is 0 Å². The molecule has 2 aromatic heterocycles. The molecule has 3 heterocycles. The first kappa shape index (κ1) is 13.5. The van der Waals surface area contributed by atoms with Crippen molar-refractivity contribution in [1.29, 1.82) is 0 Å². The fraction of sp³-hybridized carbons (Fsp3) is 0.571. The fourth-order valence-corrected chi connectivity index (χ4v) is 2.88. The number of hydrogen-bond acceptors (Lipinski definition) is 3. The van der Waals surface area contributed by atoms with Crippen molar-refractivity contribution >= 4 is 17.4 Å². The zero-order valence-corrected chi connectivity index (χ0v) is 12.9. The minimum Gasteiger partial charge on any atom is -0.357 e. The zero-order chi connectivity index (χ0) is 14.3. The van der Waals surface area contributed by atoms with Crippen molar-refractivity contribution in [3.63, 3.8) is 0 Å². The van der Waals surface area contributed by atoms with Gasteiger partial charge in [-0.15, -0.1) is 0 Å². The van der Waals surface area contributed by atoms with Crippen LogP contribution in [0.25, 0.3) is 5.82 Å². The Balaban J connectivity index is 2.06. The Morgan fingerprint density at radius 3 is 2.85 bits per heavy atom. The van der Waals surface area contributed by atoms with Gasteiger partial charge in [0.05, 0.1) is 11.9 Å². The molecule has 0 bridgehead atoms. The summed E-state index contributed by atoms with van der Waals surface area (Å²) in [5, 5.41) is 9.81. The minimum absolute atomic E-state index is 0.390. The molecule has 108 valence electrons. The van der Waals surface area contributed by atoms with Gasteiger partial charge in [-0.1, -0.05) is 11.6 Å². The van der Waals surface area contributed by atoms with E-state index in [0.29, 0.717) is 6.04 Å². The van der Waals surface area contributed by atoms with Gasteiger partial charge >= 0.3 is 0 Å². The lowest BCUT2D eigenvalue weighted by atomic mass is 10.1. The SMILES string of the molecule is CC(C)N(C)c1ccnn1-c1nn2c(c1Cl)CCCC2. The van der Waals surface area contributed by atoms with Gasteiger partial charge in [0.15, 0.2) is 5.82 Å². The van der Waals surface area contributed by atoms with E-state index < -0.39 is 0 Å². The Hall–Kier alpha value is -1.49. The lowest BCUT2D eigenvalue weighted by Gasteiger charge is -2.23. The first-order chi connectivity index (χ1) is 9.59. The van der Waals surface area contributed by atoms with E-state index in [2.05, 4.69) is 36.0 Å². The van der Waals surface area contributed by atoms with Crippen molar-refractivity contribution in [3.8, 4) is 5.82 Å². The van der Waals surface area contributed by atoms with Gasteiger partial charge in [0, 0.05) is 25.7 Å². The van der Waals surface area contributed by atoms with E-state index in [0.717, 1.165) is 35.3 Å². The summed E-state index contributed by atoms with van der Waals surface area (Å²) in [6, 6.07) is 2.38. The second-order valence-corrected chi connectivity index (χ2v) is 5.95. The number of hydrogen-bond donors (Lipinski definition) is 0. The van der Waals surface area contributed by atoms with Crippen molar-refractivity contribution in [3.05, 3.63) is 23.0 Å². The predicted octanol–water partition coefficient (Wildman–Crippen LogP) is 2.90. The maximum Gasteiger partial charge on any atom is 0.196 e. The molecule has 3 rings (SSSR count). The van der Waals surface area contributed by atoms with E-state index in [1.54, 1.807) is 6.20 Å². The van der Waals surface area contributed by atoms with Gasteiger partial charge in [-0.2, -0.15) is 14.9 Å². The van der Waals surface area contributed by atoms with Crippen LogP contribution in [0.2, 0.25) is 5.02 Å². The molecule has 0 amide bonds. The van der Waals surface area contributed by atoms with Gasteiger partial charge in [0.1, 0.15) is 10.8 Å². The molecule has 20 heavy (non-hydrogen) atoms. The molecule has 0 fully saturated rings. The predicted molar refractivity (Wildman–Crippen MR) is 80.8 cm³/mol. The number of halogens is 1. The molecule has 1 aliphatic heterocycles. The monoisotopic (exact) mass is 293 g/mol. The lowest BCUT2D eigenvalue weighted by molar-refractivity contribution is 0.484. The van der Waals surface area contributed by atoms with Crippen LogP contribution in [0.15, 0.2) is 12.3 Å². The Morgan fingerprint density at radius 1 is 1.35 bits per heavy atom. The second-order valence-electron chi connectivity index (χ2n) is 5.57. The van der Waals surface area contributed by atoms with Crippen molar-refractivity contribution in [2.75, 3.05) is 11.9 Å². The Labute approximate surface area is 124 Å². The third-order valence-corrected chi connectivity index (χ3v) is 4.36. The van der Waals surface area contributed by atoms with E-state index in [-0.39, 0.29) is 0 Å². The molecule has 0 aliphatic carbocycles. The summed E-state index contributed by atoms with van der Waals surface area (Å²) in [5.41, 5.74) is 1.14. The minimum atomic E-state index is 0.390. The molecule has 0 atom stereocenters. The standard InChI is InChI=1S/C14H20ClN5/c1-10(2)18(3)12-7-8-16-20(12)14-13(15)11-6-4-5-9-19(11)17-14/h7-8,10H,4-6,9H2,1-3H3. The molecule has 0 saturated heterocycles. The molecule has 0 aromatic carbocycles. The molecule has 0 spiro atoms. The molecule has 0 radical (unpaired) electrons. The molecule has 0 unspecified atom stereocenters. The quantitative estimate of drug-likeness (QED) is 0.873. The molecular weight excluding hydrogens is 274 g/mol. The third kappa shape index (κ3) is 2.10. The molecule has 1 aliphatic rings. The van der Waals surface area contributed by atoms with E-state index in [1.165, 1.54) is 12.8 Å². The number of fused-ring (bicyclic) bond motifs is 1. The smallest absolute Gasteiger partial charge is 0.196 e. The first-order valence-electron chi connectivity index (χ1n) is 7.12. The van der Waals surface area contributed by atoms with Crippen LogP contribution in [-0.2, 0) is 13.0 Å². The molecular formula is C14H20ClN5. The summed E-state index contributed by atoms with van der Waals surface area (Å²) in [6.45, 7) is 5.25. The Kier molecular flexibility index (Phi) is 3.46. The van der Waals surface area contributed by atoms with Crippen LogP contribution in [-0.4, -0.2) is 32.7 Å². The van der Waals surface area contributed by atoms with Gasteiger partial charge < -0.3 is 4.90 Å².